The highest BCUT2D eigenvalue weighted by molar-refractivity contribution is 5.96. The Hall–Kier alpha value is -3.40. The summed E-state index contributed by atoms with van der Waals surface area (Å²) in [6.45, 7) is 3.01. The van der Waals surface area contributed by atoms with E-state index in [1.54, 1.807) is 11.8 Å². The average Bonchev–Trinajstić information content (AvgIpc) is 3.48. The van der Waals surface area contributed by atoms with Crippen molar-refractivity contribution in [2.45, 2.75) is 88.6 Å². The van der Waals surface area contributed by atoms with Crippen molar-refractivity contribution in [3.05, 3.63) is 47.5 Å². The molecule has 1 aliphatic carbocycles. The number of fused-ring (bicyclic) bond motifs is 3. The van der Waals surface area contributed by atoms with Crippen LogP contribution < -0.4 is 11.1 Å². The largest absolute Gasteiger partial charge is 0.464 e. The fraction of sp³-hybridized carbons (Fsp3) is 0.600. The fourth-order valence-electron chi connectivity index (χ4n) is 6.16. The van der Waals surface area contributed by atoms with E-state index in [-0.39, 0.29) is 31.4 Å². The summed E-state index contributed by atoms with van der Waals surface area (Å²) in [6, 6.07) is 6.36. The molecule has 216 valence electrons. The molecule has 1 saturated carbocycles. The van der Waals surface area contributed by atoms with Crippen molar-refractivity contribution in [2.75, 3.05) is 19.7 Å². The van der Waals surface area contributed by atoms with Gasteiger partial charge in [-0.05, 0) is 50.2 Å². The van der Waals surface area contributed by atoms with Crippen LogP contribution in [0.3, 0.4) is 0 Å². The zero-order chi connectivity index (χ0) is 28.3. The Balaban J connectivity index is 1.32. The smallest absolute Gasteiger partial charge is 0.410 e. The van der Waals surface area contributed by atoms with E-state index in [1.807, 2.05) is 24.3 Å². The number of hydrogen-bond donors (Lipinski definition) is 2. The molecule has 1 saturated heterocycles. The number of esters is 1. The number of carbonyl (C=O) groups excluding carboxylic acids is 4. The van der Waals surface area contributed by atoms with Crippen molar-refractivity contribution in [3.63, 3.8) is 0 Å². The monoisotopic (exact) mass is 552 g/mol. The normalized spacial score (nSPS) is 30.6. The van der Waals surface area contributed by atoms with Gasteiger partial charge < -0.3 is 30.3 Å². The summed E-state index contributed by atoms with van der Waals surface area (Å²) in [4.78, 5) is 56.3. The molecular weight excluding hydrogens is 512 g/mol. The minimum atomic E-state index is -1.14. The number of nitrogens with one attached hydrogen (secondary N) is 1. The van der Waals surface area contributed by atoms with E-state index in [0.717, 1.165) is 37.7 Å². The predicted molar refractivity (Wildman–Crippen MR) is 147 cm³/mol. The number of benzene rings is 1. The van der Waals surface area contributed by atoms with Gasteiger partial charge in [-0.25, -0.2) is 9.59 Å². The van der Waals surface area contributed by atoms with E-state index in [4.69, 9.17) is 15.2 Å². The van der Waals surface area contributed by atoms with Crippen molar-refractivity contribution in [3.8, 4) is 0 Å². The molecule has 4 aliphatic rings. The molecule has 0 spiro atoms. The van der Waals surface area contributed by atoms with Crippen LogP contribution in [0, 0.1) is 5.92 Å². The van der Waals surface area contributed by atoms with Gasteiger partial charge in [0.25, 0.3) is 0 Å². The summed E-state index contributed by atoms with van der Waals surface area (Å²) < 4.78 is 11.2. The second-order valence-electron chi connectivity index (χ2n) is 11.4. The molecule has 3 aliphatic heterocycles. The summed E-state index contributed by atoms with van der Waals surface area (Å²) in [5.41, 5.74) is 7.46. The third-order valence-electron chi connectivity index (χ3n) is 8.58. The van der Waals surface area contributed by atoms with Crippen LogP contribution in [-0.2, 0) is 36.8 Å². The number of hydrogen-bond acceptors (Lipinski definition) is 7. The van der Waals surface area contributed by atoms with Gasteiger partial charge in [-0.2, -0.15) is 0 Å². The zero-order valence-corrected chi connectivity index (χ0v) is 23.2. The van der Waals surface area contributed by atoms with Gasteiger partial charge in [0.15, 0.2) is 0 Å². The van der Waals surface area contributed by atoms with Gasteiger partial charge in [-0.15, -0.1) is 0 Å². The van der Waals surface area contributed by atoms with Crippen LogP contribution in [0.2, 0.25) is 0 Å². The molecule has 10 nitrogen and oxygen atoms in total. The van der Waals surface area contributed by atoms with E-state index < -0.39 is 41.7 Å². The lowest BCUT2D eigenvalue weighted by molar-refractivity contribution is -0.150. The molecule has 5 unspecified atom stereocenters. The molecule has 0 radical (unpaired) electrons. The highest BCUT2D eigenvalue weighted by Crippen LogP contribution is 2.46. The Morgan fingerprint density at radius 3 is 2.75 bits per heavy atom. The van der Waals surface area contributed by atoms with Crippen LogP contribution >= 0.6 is 0 Å². The number of rotatable bonds is 3. The van der Waals surface area contributed by atoms with E-state index >= 15 is 0 Å². The number of allylic oxidation sites excluding steroid dienone is 1. The minimum absolute atomic E-state index is 0.0799. The molecule has 1 aromatic carbocycles. The Morgan fingerprint density at radius 1 is 1.15 bits per heavy atom. The topological polar surface area (TPSA) is 131 Å². The lowest BCUT2D eigenvalue weighted by Crippen LogP contribution is -2.55. The van der Waals surface area contributed by atoms with Crippen molar-refractivity contribution in [2.24, 2.45) is 11.7 Å². The van der Waals surface area contributed by atoms with Crippen molar-refractivity contribution in [1.82, 2.24) is 15.1 Å². The second-order valence-corrected chi connectivity index (χ2v) is 11.4. The zero-order valence-electron chi connectivity index (χ0n) is 23.2. The molecule has 1 aromatic rings. The number of amides is 3. The third-order valence-corrected chi connectivity index (χ3v) is 8.58. The second kappa shape index (κ2) is 12.0. The van der Waals surface area contributed by atoms with Gasteiger partial charge >= 0.3 is 12.1 Å². The first kappa shape index (κ1) is 28.1. The summed E-state index contributed by atoms with van der Waals surface area (Å²) in [6.07, 6.45) is 8.30. The first-order chi connectivity index (χ1) is 19.3. The molecule has 5 rings (SSSR count). The fourth-order valence-corrected chi connectivity index (χ4v) is 6.16. The number of ether oxygens (including phenoxy) is 2. The Kier molecular flexibility index (Phi) is 8.44. The highest BCUT2D eigenvalue weighted by Gasteiger charge is 2.62. The van der Waals surface area contributed by atoms with Crippen LogP contribution in [0.15, 0.2) is 36.4 Å². The minimum Gasteiger partial charge on any atom is -0.464 e. The molecule has 0 aromatic heterocycles. The molecule has 3 N–H and O–H groups in total. The highest BCUT2D eigenvalue weighted by atomic mass is 16.6. The van der Waals surface area contributed by atoms with Gasteiger partial charge in [0, 0.05) is 25.4 Å². The summed E-state index contributed by atoms with van der Waals surface area (Å²) in [5.74, 6) is -1.42. The van der Waals surface area contributed by atoms with Crippen LogP contribution in [-0.4, -0.2) is 77.1 Å². The maximum atomic E-state index is 13.7. The number of nitrogens with two attached hydrogens (primary N) is 1. The first-order valence-electron chi connectivity index (χ1n) is 14.6. The first-order valence-corrected chi connectivity index (χ1v) is 14.6. The van der Waals surface area contributed by atoms with Crippen LogP contribution in [0.1, 0.15) is 63.0 Å². The van der Waals surface area contributed by atoms with Crippen LogP contribution in [0.25, 0.3) is 0 Å². The number of nitrogens with zero attached hydrogens (tertiary/aromatic N) is 2. The maximum Gasteiger partial charge on any atom is 0.410 e. The SMILES string of the molecule is CCOC(=O)C12CC1C=CCCCCCC(N)C(=O)N1CC(OC(=O)N3CCc4ccccc4C3)CC1C(=O)N2. The Labute approximate surface area is 235 Å². The van der Waals surface area contributed by atoms with Gasteiger partial charge in [0.05, 0.1) is 19.2 Å². The lowest BCUT2D eigenvalue weighted by Gasteiger charge is -2.29. The summed E-state index contributed by atoms with van der Waals surface area (Å²) in [5, 5.41) is 2.93. The van der Waals surface area contributed by atoms with Gasteiger partial charge in [-0.1, -0.05) is 49.3 Å². The average molecular weight is 553 g/mol. The van der Waals surface area contributed by atoms with Gasteiger partial charge in [0.2, 0.25) is 11.8 Å². The molecule has 0 bridgehead atoms. The van der Waals surface area contributed by atoms with Gasteiger partial charge in [-0.3, -0.25) is 9.59 Å². The molecule has 5 atom stereocenters. The molecule has 40 heavy (non-hydrogen) atoms. The molecule has 3 amide bonds. The lowest BCUT2D eigenvalue weighted by atomic mass is 10.0. The van der Waals surface area contributed by atoms with Gasteiger partial charge in [0.1, 0.15) is 17.7 Å². The molecule has 10 heteroatoms. The standard InChI is InChI=1S/C30H40N4O6/c1-2-39-28(37)30-17-22(30)12-6-4-3-5-7-13-24(31)27(36)34-19-23(16-25(34)26(35)32-30)40-29(38)33-15-14-20-10-8-9-11-21(20)18-33/h6,8-12,22-25H,2-5,7,13-19,31H2,1H3,(H,32,35). The third kappa shape index (κ3) is 5.87. The predicted octanol–water partition coefficient (Wildman–Crippen LogP) is 2.44. The van der Waals surface area contributed by atoms with Crippen LogP contribution in [0.4, 0.5) is 4.79 Å². The van der Waals surface area contributed by atoms with Crippen LogP contribution in [0.5, 0.6) is 0 Å². The summed E-state index contributed by atoms with van der Waals surface area (Å²) >= 11 is 0. The molecule has 2 fully saturated rings. The Bertz CT molecular complexity index is 1170. The quantitative estimate of drug-likeness (QED) is 0.435. The van der Waals surface area contributed by atoms with E-state index in [0.29, 0.717) is 25.9 Å². The molecular formula is C30H40N4O6. The maximum absolute atomic E-state index is 13.7. The molecule has 3 heterocycles. The van der Waals surface area contributed by atoms with E-state index in [2.05, 4.69) is 17.5 Å². The van der Waals surface area contributed by atoms with Crippen molar-refractivity contribution in [1.29, 1.82) is 0 Å². The van der Waals surface area contributed by atoms with E-state index in [9.17, 15) is 19.2 Å². The Morgan fingerprint density at radius 2 is 1.95 bits per heavy atom. The van der Waals surface area contributed by atoms with Crippen molar-refractivity contribution < 1.29 is 28.7 Å². The summed E-state index contributed by atoms with van der Waals surface area (Å²) in [7, 11) is 0. The van der Waals surface area contributed by atoms with Crippen molar-refractivity contribution >= 4 is 23.9 Å². The number of carbonyl (C=O) groups is 4. The van der Waals surface area contributed by atoms with E-state index in [1.165, 1.54) is 10.5 Å².